The SMILES string of the molecule is CN=C(NCCS(=O)(=O)NCC1CCCCO1)NC(C)c1cccc(-n2cccn2)c1. The zero-order valence-corrected chi connectivity index (χ0v) is 18.9. The van der Waals surface area contributed by atoms with Crippen molar-refractivity contribution in [3.8, 4) is 5.69 Å². The minimum atomic E-state index is -3.38. The second-order valence-electron chi connectivity index (χ2n) is 7.57. The van der Waals surface area contributed by atoms with Crippen molar-refractivity contribution in [2.45, 2.75) is 38.3 Å². The molecule has 1 aliphatic rings. The maximum atomic E-state index is 12.3. The molecule has 2 aromatic rings. The molecule has 0 aliphatic carbocycles. The first kappa shape index (κ1) is 23.2. The maximum Gasteiger partial charge on any atom is 0.213 e. The smallest absolute Gasteiger partial charge is 0.213 e. The highest BCUT2D eigenvalue weighted by Gasteiger charge is 2.18. The number of hydrogen-bond donors (Lipinski definition) is 3. The molecule has 2 heterocycles. The third-order valence-corrected chi connectivity index (χ3v) is 6.53. The van der Waals surface area contributed by atoms with Crippen LogP contribution in [0.3, 0.4) is 0 Å². The van der Waals surface area contributed by atoms with Crippen molar-refractivity contribution in [3.63, 3.8) is 0 Å². The van der Waals surface area contributed by atoms with Gasteiger partial charge < -0.3 is 15.4 Å². The second kappa shape index (κ2) is 11.3. The van der Waals surface area contributed by atoms with Gasteiger partial charge in [-0.05, 0) is 49.9 Å². The fourth-order valence-corrected chi connectivity index (χ4v) is 4.36. The third-order valence-electron chi connectivity index (χ3n) is 5.18. The Kier molecular flexibility index (Phi) is 8.44. The van der Waals surface area contributed by atoms with E-state index in [4.69, 9.17) is 4.74 Å². The number of sulfonamides is 1. The quantitative estimate of drug-likeness (QED) is 0.397. The fraction of sp³-hybridized carbons (Fsp3) is 0.524. The Labute approximate surface area is 184 Å². The number of nitrogens with zero attached hydrogens (tertiary/aromatic N) is 3. The number of benzene rings is 1. The van der Waals surface area contributed by atoms with Gasteiger partial charge in [0.05, 0.1) is 23.6 Å². The molecular weight excluding hydrogens is 416 g/mol. The number of aliphatic imine (C=N–C) groups is 1. The van der Waals surface area contributed by atoms with Crippen LogP contribution in [0.4, 0.5) is 0 Å². The Bertz CT molecular complexity index is 940. The van der Waals surface area contributed by atoms with Crippen LogP contribution in [-0.2, 0) is 14.8 Å². The van der Waals surface area contributed by atoms with Crippen LogP contribution in [0.5, 0.6) is 0 Å². The molecule has 170 valence electrons. The molecular formula is C21H32N6O3S. The average Bonchev–Trinajstić information content (AvgIpc) is 3.33. The monoisotopic (exact) mass is 448 g/mol. The van der Waals surface area contributed by atoms with Crippen molar-refractivity contribution in [3.05, 3.63) is 48.3 Å². The summed E-state index contributed by atoms with van der Waals surface area (Å²) in [6.45, 7) is 3.32. The minimum Gasteiger partial charge on any atom is -0.377 e. The van der Waals surface area contributed by atoms with Crippen molar-refractivity contribution < 1.29 is 13.2 Å². The molecule has 2 atom stereocenters. The molecule has 0 saturated carbocycles. The third kappa shape index (κ3) is 7.34. The standard InChI is InChI=1S/C21H32N6O3S/c1-17(18-7-5-8-19(15-18)27-12-6-10-24-27)26-21(22-2)23-11-14-31(28,29)25-16-20-9-3-4-13-30-20/h5-8,10,12,15,17,20,25H,3-4,9,11,13-14,16H2,1-2H3,(H2,22,23,26). The first-order chi connectivity index (χ1) is 15.0. The van der Waals surface area contributed by atoms with Crippen LogP contribution < -0.4 is 15.4 Å². The number of guanidine groups is 1. The van der Waals surface area contributed by atoms with Crippen LogP contribution in [0.2, 0.25) is 0 Å². The highest BCUT2D eigenvalue weighted by molar-refractivity contribution is 7.89. The summed E-state index contributed by atoms with van der Waals surface area (Å²) < 4.78 is 34.5. The highest BCUT2D eigenvalue weighted by Crippen LogP contribution is 2.16. The summed E-state index contributed by atoms with van der Waals surface area (Å²) in [5, 5.41) is 10.6. The van der Waals surface area contributed by atoms with Crippen molar-refractivity contribution in [1.82, 2.24) is 25.1 Å². The Morgan fingerprint density at radius 1 is 1.35 bits per heavy atom. The number of rotatable bonds is 9. The van der Waals surface area contributed by atoms with E-state index < -0.39 is 10.0 Å². The van der Waals surface area contributed by atoms with E-state index in [1.807, 2.05) is 37.4 Å². The average molecular weight is 449 g/mol. The van der Waals surface area contributed by atoms with Gasteiger partial charge in [0.1, 0.15) is 0 Å². The van der Waals surface area contributed by atoms with Crippen LogP contribution in [0.1, 0.15) is 37.8 Å². The first-order valence-electron chi connectivity index (χ1n) is 10.6. The van der Waals surface area contributed by atoms with Gasteiger partial charge in [0.25, 0.3) is 0 Å². The van der Waals surface area contributed by atoms with Crippen molar-refractivity contribution >= 4 is 16.0 Å². The van der Waals surface area contributed by atoms with Crippen LogP contribution in [0.15, 0.2) is 47.7 Å². The zero-order chi connectivity index (χ0) is 22.1. The highest BCUT2D eigenvalue weighted by atomic mass is 32.2. The van der Waals surface area contributed by atoms with Gasteiger partial charge in [-0.3, -0.25) is 4.99 Å². The van der Waals surface area contributed by atoms with E-state index in [1.165, 1.54) is 0 Å². The molecule has 3 rings (SSSR count). The van der Waals surface area contributed by atoms with E-state index >= 15 is 0 Å². The fourth-order valence-electron chi connectivity index (χ4n) is 3.41. The summed E-state index contributed by atoms with van der Waals surface area (Å²) in [4.78, 5) is 4.21. The molecule has 31 heavy (non-hydrogen) atoms. The summed E-state index contributed by atoms with van der Waals surface area (Å²) in [6, 6.07) is 9.91. The Morgan fingerprint density at radius 3 is 2.94 bits per heavy atom. The lowest BCUT2D eigenvalue weighted by molar-refractivity contribution is 0.0200. The summed E-state index contributed by atoms with van der Waals surface area (Å²) in [5.74, 6) is 0.506. The van der Waals surface area contributed by atoms with Crippen LogP contribution in [-0.4, -0.2) is 62.8 Å². The van der Waals surface area contributed by atoms with Crippen molar-refractivity contribution in [2.75, 3.05) is 32.5 Å². The van der Waals surface area contributed by atoms with E-state index in [9.17, 15) is 8.42 Å². The Hall–Kier alpha value is -2.43. The lowest BCUT2D eigenvalue weighted by atomic mass is 10.1. The predicted octanol–water partition coefficient (Wildman–Crippen LogP) is 1.59. The molecule has 0 amide bonds. The summed E-state index contributed by atoms with van der Waals surface area (Å²) in [5.41, 5.74) is 2.04. The van der Waals surface area contributed by atoms with E-state index in [2.05, 4.69) is 31.5 Å². The van der Waals surface area contributed by atoms with Gasteiger partial charge in [0.2, 0.25) is 10.0 Å². The van der Waals surface area contributed by atoms with Gasteiger partial charge >= 0.3 is 0 Å². The van der Waals surface area contributed by atoms with Crippen molar-refractivity contribution in [2.24, 2.45) is 4.99 Å². The lowest BCUT2D eigenvalue weighted by Crippen LogP contribution is -2.43. The van der Waals surface area contributed by atoms with Gasteiger partial charge in [-0.1, -0.05) is 12.1 Å². The number of aromatic nitrogens is 2. The van der Waals surface area contributed by atoms with Crippen LogP contribution >= 0.6 is 0 Å². The van der Waals surface area contributed by atoms with Crippen molar-refractivity contribution in [1.29, 1.82) is 0 Å². The van der Waals surface area contributed by atoms with Gasteiger partial charge in [-0.2, -0.15) is 5.10 Å². The molecule has 0 bridgehead atoms. The number of nitrogens with one attached hydrogen (secondary N) is 3. The summed E-state index contributed by atoms with van der Waals surface area (Å²) in [6.07, 6.45) is 6.64. The molecule has 0 spiro atoms. The number of hydrogen-bond acceptors (Lipinski definition) is 5. The van der Waals surface area contributed by atoms with Gasteiger partial charge in [0, 0.05) is 39.1 Å². The van der Waals surface area contributed by atoms with E-state index in [1.54, 1.807) is 17.9 Å². The van der Waals surface area contributed by atoms with Crippen LogP contribution in [0.25, 0.3) is 5.69 Å². The molecule has 3 N–H and O–H groups in total. The molecule has 1 fully saturated rings. The van der Waals surface area contributed by atoms with E-state index in [-0.39, 0.29) is 24.4 Å². The number of ether oxygens (including phenoxy) is 1. The van der Waals surface area contributed by atoms with Crippen LogP contribution in [0, 0.1) is 0 Å². The largest absolute Gasteiger partial charge is 0.377 e. The normalized spacial score (nSPS) is 18.5. The van der Waals surface area contributed by atoms with Gasteiger partial charge in [0.15, 0.2) is 5.96 Å². The topological polar surface area (TPSA) is 110 Å². The molecule has 1 aromatic carbocycles. The molecule has 0 radical (unpaired) electrons. The van der Waals surface area contributed by atoms with E-state index in [0.29, 0.717) is 19.1 Å². The first-order valence-corrected chi connectivity index (χ1v) is 12.3. The Balaban J connectivity index is 1.46. The molecule has 10 heteroatoms. The summed E-state index contributed by atoms with van der Waals surface area (Å²) in [7, 11) is -1.72. The van der Waals surface area contributed by atoms with Gasteiger partial charge in [-0.25, -0.2) is 17.8 Å². The minimum absolute atomic E-state index is 0.0238. The second-order valence-corrected chi connectivity index (χ2v) is 9.49. The molecule has 1 saturated heterocycles. The van der Waals surface area contributed by atoms with Gasteiger partial charge in [-0.15, -0.1) is 0 Å². The molecule has 1 aliphatic heterocycles. The maximum absolute atomic E-state index is 12.3. The molecule has 9 nitrogen and oxygen atoms in total. The molecule has 1 aromatic heterocycles. The Morgan fingerprint density at radius 2 is 2.23 bits per heavy atom. The predicted molar refractivity (Wildman–Crippen MR) is 122 cm³/mol. The molecule has 2 unspecified atom stereocenters. The van der Waals surface area contributed by atoms with E-state index in [0.717, 1.165) is 30.5 Å². The summed E-state index contributed by atoms with van der Waals surface area (Å²) >= 11 is 0. The lowest BCUT2D eigenvalue weighted by Gasteiger charge is -2.22. The zero-order valence-electron chi connectivity index (χ0n) is 18.1.